The molecule has 0 saturated heterocycles. The van der Waals surface area contributed by atoms with Gasteiger partial charge in [0.2, 0.25) is 0 Å². The molecule has 0 spiro atoms. The second-order valence-electron chi connectivity index (χ2n) is 7.92. The monoisotopic (exact) mass is 424 g/mol. The van der Waals surface area contributed by atoms with E-state index in [9.17, 15) is 0 Å². The molecule has 3 aromatic heterocycles. The molecule has 0 aliphatic carbocycles. The molecule has 0 unspecified atom stereocenters. The molecule has 0 radical (unpaired) electrons. The Balaban J connectivity index is 1.52. The van der Waals surface area contributed by atoms with Crippen molar-refractivity contribution in [3.8, 4) is 45.0 Å². The van der Waals surface area contributed by atoms with Gasteiger partial charge in [0.25, 0.3) is 0 Å². The molecule has 0 bridgehead atoms. The summed E-state index contributed by atoms with van der Waals surface area (Å²) < 4.78 is 6.08. The number of benzene rings is 3. The molecule has 0 aliphatic rings. The SMILES string of the molecule is c1ccc(-c2ccc(-c3ccccn3)cc2-c2ccc3oc(-c4ccccn4)cc3c2)cc1. The van der Waals surface area contributed by atoms with Gasteiger partial charge < -0.3 is 4.42 Å². The fourth-order valence-corrected chi connectivity index (χ4v) is 4.19. The van der Waals surface area contributed by atoms with Crippen molar-refractivity contribution in [2.45, 2.75) is 0 Å². The zero-order valence-electron chi connectivity index (χ0n) is 17.8. The summed E-state index contributed by atoms with van der Waals surface area (Å²) in [6.07, 6.45) is 3.61. The number of nitrogens with zero attached hydrogens (tertiary/aromatic N) is 2. The van der Waals surface area contributed by atoms with Crippen LogP contribution in [0.15, 0.2) is 126 Å². The summed E-state index contributed by atoms with van der Waals surface area (Å²) in [6.45, 7) is 0. The molecule has 3 heterocycles. The molecular weight excluding hydrogens is 404 g/mol. The Kier molecular flexibility index (Phi) is 4.78. The van der Waals surface area contributed by atoms with Crippen LogP contribution in [0, 0.1) is 0 Å². The van der Waals surface area contributed by atoms with Crippen molar-refractivity contribution in [2.24, 2.45) is 0 Å². The minimum Gasteiger partial charge on any atom is -0.454 e. The molecule has 0 saturated carbocycles. The molecule has 6 aromatic rings. The van der Waals surface area contributed by atoms with E-state index in [2.05, 4.69) is 70.6 Å². The van der Waals surface area contributed by atoms with Crippen LogP contribution in [0.3, 0.4) is 0 Å². The summed E-state index contributed by atoms with van der Waals surface area (Å²) in [4.78, 5) is 8.97. The summed E-state index contributed by atoms with van der Waals surface area (Å²) in [6, 6.07) is 37.3. The minimum absolute atomic E-state index is 0.772. The Hall–Kier alpha value is -4.50. The predicted molar refractivity (Wildman–Crippen MR) is 134 cm³/mol. The largest absolute Gasteiger partial charge is 0.454 e. The van der Waals surface area contributed by atoms with Crippen LogP contribution in [-0.2, 0) is 0 Å². The fraction of sp³-hybridized carbons (Fsp3) is 0. The number of pyridine rings is 2. The molecule has 3 aromatic carbocycles. The van der Waals surface area contributed by atoms with Gasteiger partial charge in [-0.3, -0.25) is 9.97 Å². The molecule has 0 fully saturated rings. The smallest absolute Gasteiger partial charge is 0.153 e. The van der Waals surface area contributed by atoms with Crippen molar-refractivity contribution >= 4 is 11.0 Å². The molecule has 0 amide bonds. The van der Waals surface area contributed by atoms with Crippen LogP contribution in [0.4, 0.5) is 0 Å². The number of rotatable bonds is 4. The van der Waals surface area contributed by atoms with Gasteiger partial charge >= 0.3 is 0 Å². The van der Waals surface area contributed by atoms with Gasteiger partial charge in [-0.15, -0.1) is 0 Å². The maximum atomic E-state index is 6.08. The molecule has 6 rings (SSSR count). The van der Waals surface area contributed by atoms with E-state index in [0.29, 0.717) is 0 Å². The number of hydrogen-bond donors (Lipinski definition) is 0. The molecule has 33 heavy (non-hydrogen) atoms. The highest BCUT2D eigenvalue weighted by Gasteiger charge is 2.13. The van der Waals surface area contributed by atoms with E-state index in [-0.39, 0.29) is 0 Å². The molecule has 3 nitrogen and oxygen atoms in total. The highest BCUT2D eigenvalue weighted by Crippen LogP contribution is 2.37. The van der Waals surface area contributed by atoms with Crippen LogP contribution in [0.2, 0.25) is 0 Å². The summed E-state index contributed by atoms with van der Waals surface area (Å²) in [5.74, 6) is 0.772. The molecule has 0 atom stereocenters. The minimum atomic E-state index is 0.772. The summed E-state index contributed by atoms with van der Waals surface area (Å²) >= 11 is 0. The lowest BCUT2D eigenvalue weighted by Crippen LogP contribution is -1.89. The van der Waals surface area contributed by atoms with Crippen LogP contribution < -0.4 is 0 Å². The highest BCUT2D eigenvalue weighted by molar-refractivity contribution is 5.92. The second kappa shape index (κ2) is 8.21. The first kappa shape index (κ1) is 19.2. The van der Waals surface area contributed by atoms with Gasteiger partial charge in [0.15, 0.2) is 5.76 Å². The lowest BCUT2D eigenvalue weighted by molar-refractivity contribution is 0.629. The number of furan rings is 1. The van der Waals surface area contributed by atoms with Crippen LogP contribution in [0.1, 0.15) is 0 Å². The van der Waals surface area contributed by atoms with Gasteiger partial charge in [-0.25, -0.2) is 0 Å². The van der Waals surface area contributed by atoms with Crippen molar-refractivity contribution in [3.05, 3.63) is 122 Å². The molecular formula is C30H20N2O. The Morgan fingerprint density at radius 1 is 0.485 bits per heavy atom. The fourth-order valence-electron chi connectivity index (χ4n) is 4.19. The van der Waals surface area contributed by atoms with E-state index in [0.717, 1.165) is 44.8 Å². The van der Waals surface area contributed by atoms with Gasteiger partial charge in [0, 0.05) is 23.3 Å². The standard InChI is InChI=1S/C30H20N2O/c1-2-8-21(9-3-1)25-14-12-23(27-10-4-6-16-31-27)19-26(25)22-13-15-29-24(18-22)20-30(33-29)28-11-5-7-17-32-28/h1-20H. The van der Waals surface area contributed by atoms with Crippen molar-refractivity contribution in [3.63, 3.8) is 0 Å². The summed E-state index contributed by atoms with van der Waals surface area (Å²) in [5, 5.41) is 1.05. The van der Waals surface area contributed by atoms with Crippen LogP contribution in [0.5, 0.6) is 0 Å². The number of aromatic nitrogens is 2. The number of fused-ring (bicyclic) bond motifs is 1. The Morgan fingerprint density at radius 2 is 1.21 bits per heavy atom. The van der Waals surface area contributed by atoms with E-state index in [1.54, 1.807) is 6.20 Å². The maximum absolute atomic E-state index is 6.08. The van der Waals surface area contributed by atoms with Crippen molar-refractivity contribution in [1.29, 1.82) is 0 Å². The first-order valence-corrected chi connectivity index (χ1v) is 10.9. The third-order valence-corrected chi connectivity index (χ3v) is 5.81. The highest BCUT2D eigenvalue weighted by atomic mass is 16.3. The van der Waals surface area contributed by atoms with Gasteiger partial charge in [-0.2, -0.15) is 0 Å². The quantitative estimate of drug-likeness (QED) is 0.289. The predicted octanol–water partition coefficient (Wildman–Crippen LogP) is 7.89. The van der Waals surface area contributed by atoms with E-state index in [1.165, 1.54) is 11.1 Å². The maximum Gasteiger partial charge on any atom is 0.153 e. The Morgan fingerprint density at radius 3 is 1.97 bits per heavy atom. The normalized spacial score (nSPS) is 11.0. The first-order valence-electron chi connectivity index (χ1n) is 10.9. The van der Waals surface area contributed by atoms with Crippen molar-refractivity contribution in [1.82, 2.24) is 9.97 Å². The topological polar surface area (TPSA) is 38.9 Å². The van der Waals surface area contributed by atoms with Crippen LogP contribution >= 0.6 is 0 Å². The van der Waals surface area contributed by atoms with Gasteiger partial charge in [-0.1, -0.05) is 60.7 Å². The van der Waals surface area contributed by atoms with Crippen LogP contribution in [0.25, 0.3) is 55.9 Å². The second-order valence-corrected chi connectivity index (χ2v) is 7.92. The summed E-state index contributed by atoms with van der Waals surface area (Å²) in [5.41, 5.74) is 8.38. The third kappa shape index (κ3) is 3.70. The van der Waals surface area contributed by atoms with Gasteiger partial charge in [0.1, 0.15) is 11.3 Å². The van der Waals surface area contributed by atoms with Crippen molar-refractivity contribution < 1.29 is 4.42 Å². The zero-order chi connectivity index (χ0) is 22.0. The van der Waals surface area contributed by atoms with E-state index >= 15 is 0 Å². The average molecular weight is 425 g/mol. The van der Waals surface area contributed by atoms with Gasteiger partial charge in [0.05, 0.1) is 5.69 Å². The van der Waals surface area contributed by atoms with Crippen molar-refractivity contribution in [2.75, 3.05) is 0 Å². The molecule has 3 heteroatoms. The Labute approximate surface area is 192 Å². The lowest BCUT2D eigenvalue weighted by atomic mass is 9.91. The zero-order valence-corrected chi connectivity index (χ0v) is 17.8. The van der Waals surface area contributed by atoms with E-state index < -0.39 is 0 Å². The summed E-state index contributed by atoms with van der Waals surface area (Å²) in [7, 11) is 0. The molecule has 0 N–H and O–H groups in total. The van der Waals surface area contributed by atoms with Crippen LogP contribution in [-0.4, -0.2) is 9.97 Å². The Bertz CT molecular complexity index is 1540. The molecule has 0 aliphatic heterocycles. The van der Waals surface area contributed by atoms with E-state index in [4.69, 9.17) is 4.42 Å². The molecule has 156 valence electrons. The number of hydrogen-bond acceptors (Lipinski definition) is 3. The van der Waals surface area contributed by atoms with Gasteiger partial charge in [-0.05, 0) is 70.8 Å². The first-order chi connectivity index (χ1) is 16.3. The average Bonchev–Trinajstić information content (AvgIpc) is 3.33. The van der Waals surface area contributed by atoms with E-state index in [1.807, 2.05) is 54.7 Å². The lowest BCUT2D eigenvalue weighted by Gasteiger charge is -2.13. The third-order valence-electron chi connectivity index (χ3n) is 5.81.